The van der Waals surface area contributed by atoms with E-state index in [9.17, 15) is 4.79 Å². The molecule has 0 unspecified atom stereocenters. The third-order valence-electron chi connectivity index (χ3n) is 6.58. The van der Waals surface area contributed by atoms with Gasteiger partial charge in [0.1, 0.15) is 18.1 Å². The van der Waals surface area contributed by atoms with Crippen molar-refractivity contribution >= 4 is 5.91 Å². The molecule has 1 aliphatic rings. The molecule has 3 aromatic carbocycles. The zero-order valence-corrected chi connectivity index (χ0v) is 20.9. The molecule has 0 aliphatic carbocycles. The smallest absolute Gasteiger partial charge is 0.227 e. The molecule has 3 aromatic rings. The Morgan fingerprint density at radius 2 is 1.49 bits per heavy atom. The second-order valence-corrected chi connectivity index (χ2v) is 8.59. The number of hydrogen-bond acceptors (Lipinski definition) is 5. The Morgan fingerprint density at radius 3 is 2.11 bits per heavy atom. The predicted octanol–water partition coefficient (Wildman–Crippen LogP) is 5.02. The van der Waals surface area contributed by atoms with Crippen molar-refractivity contribution in [2.24, 2.45) is 0 Å². The molecule has 0 N–H and O–H groups in total. The van der Waals surface area contributed by atoms with Gasteiger partial charge in [-0.1, -0.05) is 31.2 Å². The molecule has 0 bridgehead atoms. The number of carbonyl (C=O) groups excluding carboxylic acids is 1. The molecule has 35 heavy (non-hydrogen) atoms. The van der Waals surface area contributed by atoms with E-state index >= 15 is 0 Å². The summed E-state index contributed by atoms with van der Waals surface area (Å²) in [6.07, 6.45) is 2.03. The van der Waals surface area contributed by atoms with Gasteiger partial charge >= 0.3 is 0 Å². The summed E-state index contributed by atoms with van der Waals surface area (Å²) in [5, 5.41) is 0. The van der Waals surface area contributed by atoms with Crippen LogP contribution in [0.25, 0.3) is 0 Å². The summed E-state index contributed by atoms with van der Waals surface area (Å²) in [5.74, 6) is 2.96. The zero-order valence-electron chi connectivity index (χ0n) is 20.9. The highest BCUT2D eigenvalue weighted by Gasteiger charge is 2.32. The summed E-state index contributed by atoms with van der Waals surface area (Å²) in [5.41, 5.74) is 4.38. The van der Waals surface area contributed by atoms with Gasteiger partial charge in [-0.15, -0.1) is 0 Å². The molecule has 0 fully saturated rings. The summed E-state index contributed by atoms with van der Waals surface area (Å²) in [6, 6.07) is 19.5. The first kappa shape index (κ1) is 24.5. The van der Waals surface area contributed by atoms with Gasteiger partial charge in [0.15, 0.2) is 11.5 Å². The summed E-state index contributed by atoms with van der Waals surface area (Å²) < 4.78 is 22.5. The van der Waals surface area contributed by atoms with Crippen molar-refractivity contribution in [3.8, 4) is 23.0 Å². The van der Waals surface area contributed by atoms with Gasteiger partial charge in [-0.05, 0) is 71.5 Å². The van der Waals surface area contributed by atoms with Crippen LogP contribution in [0.1, 0.15) is 35.2 Å². The van der Waals surface area contributed by atoms with Gasteiger partial charge in [0, 0.05) is 6.54 Å². The number of benzene rings is 3. The number of nitrogens with zero attached hydrogens (tertiary/aromatic N) is 1. The van der Waals surface area contributed by atoms with Crippen molar-refractivity contribution in [1.82, 2.24) is 4.90 Å². The van der Waals surface area contributed by atoms with Gasteiger partial charge < -0.3 is 23.8 Å². The average molecular weight is 476 g/mol. The van der Waals surface area contributed by atoms with Crippen molar-refractivity contribution in [2.75, 3.05) is 34.5 Å². The van der Waals surface area contributed by atoms with E-state index in [0.717, 1.165) is 41.0 Å². The Kier molecular flexibility index (Phi) is 7.80. The minimum atomic E-state index is -0.241. The van der Waals surface area contributed by atoms with Crippen molar-refractivity contribution in [3.63, 3.8) is 0 Å². The summed E-state index contributed by atoms with van der Waals surface area (Å²) >= 11 is 0. The summed E-state index contributed by atoms with van der Waals surface area (Å²) in [6.45, 7) is 3.09. The van der Waals surface area contributed by atoms with Crippen LogP contribution in [0.4, 0.5) is 0 Å². The maximum Gasteiger partial charge on any atom is 0.227 e. The standard InChI is InChI=1S/C29H33NO5/c1-5-20-6-12-24(13-7-20)35-19-26-25-18-28(34-4)27(33-3)17-22(25)14-15-30(26)29(31)16-21-8-10-23(32-2)11-9-21/h6-13,17-18,26H,5,14-16,19H2,1-4H3/t26-/m1/s1. The monoisotopic (exact) mass is 475 g/mol. The molecule has 1 atom stereocenters. The second kappa shape index (κ2) is 11.2. The van der Waals surface area contributed by atoms with Crippen LogP contribution in [-0.4, -0.2) is 45.3 Å². The van der Waals surface area contributed by atoms with Gasteiger partial charge in [-0.2, -0.15) is 0 Å². The summed E-state index contributed by atoms with van der Waals surface area (Å²) in [7, 11) is 4.90. The molecule has 0 aromatic heterocycles. The quantitative estimate of drug-likeness (QED) is 0.435. The first-order valence-corrected chi connectivity index (χ1v) is 11.9. The minimum Gasteiger partial charge on any atom is -0.497 e. The van der Waals surface area contributed by atoms with Crippen molar-refractivity contribution < 1.29 is 23.7 Å². The van der Waals surface area contributed by atoms with E-state index in [1.54, 1.807) is 21.3 Å². The van der Waals surface area contributed by atoms with E-state index in [4.69, 9.17) is 18.9 Å². The number of rotatable bonds is 9. The minimum absolute atomic E-state index is 0.0607. The van der Waals surface area contributed by atoms with Crippen LogP contribution in [0, 0.1) is 0 Å². The van der Waals surface area contributed by atoms with Crippen LogP contribution < -0.4 is 18.9 Å². The molecule has 1 aliphatic heterocycles. The maximum absolute atomic E-state index is 13.5. The molecular formula is C29H33NO5. The molecule has 6 nitrogen and oxygen atoms in total. The van der Waals surface area contributed by atoms with E-state index in [1.807, 2.05) is 53.4 Å². The van der Waals surface area contributed by atoms with Crippen LogP contribution in [0.5, 0.6) is 23.0 Å². The molecule has 4 rings (SSSR count). The third kappa shape index (κ3) is 5.53. The number of hydrogen-bond donors (Lipinski definition) is 0. The van der Waals surface area contributed by atoms with Crippen molar-refractivity contribution in [3.05, 3.63) is 82.9 Å². The van der Waals surface area contributed by atoms with E-state index in [1.165, 1.54) is 5.56 Å². The Labute approximate surface area is 207 Å². The van der Waals surface area contributed by atoms with E-state index < -0.39 is 0 Å². The molecule has 0 spiro atoms. The van der Waals surface area contributed by atoms with Gasteiger partial charge in [-0.3, -0.25) is 4.79 Å². The van der Waals surface area contributed by atoms with Crippen molar-refractivity contribution in [1.29, 1.82) is 0 Å². The van der Waals surface area contributed by atoms with Crippen LogP contribution in [0.3, 0.4) is 0 Å². The second-order valence-electron chi connectivity index (χ2n) is 8.59. The lowest BCUT2D eigenvalue weighted by Crippen LogP contribution is -2.43. The normalized spacial score (nSPS) is 14.7. The summed E-state index contributed by atoms with van der Waals surface area (Å²) in [4.78, 5) is 15.4. The lowest BCUT2D eigenvalue weighted by Gasteiger charge is -2.37. The van der Waals surface area contributed by atoms with E-state index in [-0.39, 0.29) is 11.9 Å². The van der Waals surface area contributed by atoms with Gasteiger partial charge in [-0.25, -0.2) is 0 Å². The fourth-order valence-electron chi connectivity index (χ4n) is 4.52. The lowest BCUT2D eigenvalue weighted by atomic mass is 9.91. The Bertz CT molecular complexity index is 1140. The highest BCUT2D eigenvalue weighted by atomic mass is 16.5. The Hall–Kier alpha value is -3.67. The van der Waals surface area contributed by atoms with Gasteiger partial charge in [0.05, 0.1) is 33.8 Å². The first-order valence-electron chi connectivity index (χ1n) is 11.9. The van der Waals surface area contributed by atoms with E-state index in [2.05, 4.69) is 19.1 Å². The molecule has 0 saturated heterocycles. The fraction of sp³-hybridized carbons (Fsp3) is 0.345. The molecule has 1 heterocycles. The number of ether oxygens (including phenoxy) is 4. The highest BCUT2D eigenvalue weighted by Crippen LogP contribution is 2.38. The first-order chi connectivity index (χ1) is 17.1. The fourth-order valence-corrected chi connectivity index (χ4v) is 4.52. The van der Waals surface area contributed by atoms with Crippen LogP contribution in [0.2, 0.25) is 0 Å². The van der Waals surface area contributed by atoms with Gasteiger partial charge in [0.25, 0.3) is 0 Å². The highest BCUT2D eigenvalue weighted by molar-refractivity contribution is 5.80. The number of methoxy groups -OCH3 is 3. The van der Waals surface area contributed by atoms with Crippen LogP contribution >= 0.6 is 0 Å². The Balaban J connectivity index is 1.61. The zero-order chi connectivity index (χ0) is 24.8. The number of amides is 1. The Morgan fingerprint density at radius 1 is 0.857 bits per heavy atom. The molecule has 6 heteroatoms. The SMILES string of the molecule is CCc1ccc(OC[C@@H]2c3cc(OC)c(OC)cc3CCN2C(=O)Cc2ccc(OC)cc2)cc1. The van der Waals surface area contributed by atoms with Crippen LogP contribution in [-0.2, 0) is 24.1 Å². The topological polar surface area (TPSA) is 57.2 Å². The molecule has 184 valence electrons. The largest absolute Gasteiger partial charge is 0.497 e. The number of aryl methyl sites for hydroxylation is 1. The molecule has 0 saturated carbocycles. The molecule has 1 amide bonds. The maximum atomic E-state index is 13.5. The van der Waals surface area contributed by atoms with Crippen LogP contribution in [0.15, 0.2) is 60.7 Å². The third-order valence-corrected chi connectivity index (χ3v) is 6.58. The number of fused-ring (bicyclic) bond motifs is 1. The number of carbonyl (C=O) groups is 1. The molecule has 0 radical (unpaired) electrons. The van der Waals surface area contributed by atoms with Gasteiger partial charge in [0.2, 0.25) is 5.91 Å². The lowest BCUT2D eigenvalue weighted by molar-refractivity contribution is -0.134. The molecular weight excluding hydrogens is 442 g/mol. The predicted molar refractivity (Wildman–Crippen MR) is 136 cm³/mol. The van der Waals surface area contributed by atoms with E-state index in [0.29, 0.717) is 31.1 Å². The van der Waals surface area contributed by atoms with Crippen molar-refractivity contribution in [2.45, 2.75) is 32.2 Å². The average Bonchev–Trinajstić information content (AvgIpc) is 2.91.